The van der Waals surface area contributed by atoms with Crippen molar-refractivity contribution in [3.05, 3.63) is 30.3 Å². The van der Waals surface area contributed by atoms with Gasteiger partial charge in [-0.3, -0.25) is 4.57 Å². The Hall–Kier alpha value is -0.590. The number of unbranched alkanes of at least 4 members (excludes halogenated alkanes) is 2. The van der Waals surface area contributed by atoms with Crippen molar-refractivity contribution >= 4 is 12.7 Å². The van der Waals surface area contributed by atoms with Crippen molar-refractivity contribution in [1.29, 1.82) is 0 Å². The summed E-state index contributed by atoms with van der Waals surface area (Å²) < 4.78 is 12.7. The summed E-state index contributed by atoms with van der Waals surface area (Å²) in [6, 6.07) is 9.13. The molecule has 3 heteroatoms. The lowest BCUT2D eigenvalue weighted by Gasteiger charge is -2.23. The molecule has 0 heterocycles. The maximum Gasteiger partial charge on any atom is 0.232 e. The molecule has 2 nitrogen and oxygen atoms in total. The van der Waals surface area contributed by atoms with Crippen LogP contribution < -0.4 is 5.30 Å². The lowest BCUT2D eigenvalue weighted by molar-refractivity contribution is 0.457. The highest BCUT2D eigenvalue weighted by molar-refractivity contribution is 7.66. The van der Waals surface area contributed by atoms with E-state index in [-0.39, 0.29) is 5.66 Å². The van der Waals surface area contributed by atoms with E-state index in [2.05, 4.69) is 13.8 Å². The highest BCUT2D eigenvalue weighted by Crippen LogP contribution is 2.49. The van der Waals surface area contributed by atoms with Gasteiger partial charge >= 0.3 is 0 Å². The van der Waals surface area contributed by atoms with E-state index in [4.69, 9.17) is 0 Å². The molecule has 0 radical (unpaired) electrons. The van der Waals surface area contributed by atoms with Gasteiger partial charge in [-0.2, -0.15) is 0 Å². The molecule has 102 valence electrons. The maximum atomic E-state index is 12.7. The van der Waals surface area contributed by atoms with Crippen molar-refractivity contribution in [2.45, 2.75) is 58.0 Å². The molecular weight excluding hydrogens is 243 g/mol. The highest BCUT2D eigenvalue weighted by Gasteiger charge is 2.31. The zero-order valence-corrected chi connectivity index (χ0v) is 12.4. The third-order valence-electron chi connectivity index (χ3n) is 3.38. The quantitative estimate of drug-likeness (QED) is 0.562. The van der Waals surface area contributed by atoms with Gasteiger partial charge in [0.2, 0.25) is 7.37 Å². The SMILES string of the molecule is CCCCCC(CCC)P(=O)(O)c1ccccc1. The van der Waals surface area contributed by atoms with Crippen LogP contribution in [-0.2, 0) is 4.57 Å². The Balaban J connectivity index is 2.79. The summed E-state index contributed by atoms with van der Waals surface area (Å²) in [4.78, 5) is 10.4. The lowest BCUT2D eigenvalue weighted by atomic mass is 10.1. The van der Waals surface area contributed by atoms with Gasteiger partial charge in [-0.1, -0.05) is 57.7 Å². The normalized spacial score (nSPS) is 16.2. The zero-order chi connectivity index (χ0) is 13.4. The number of hydrogen-bond donors (Lipinski definition) is 1. The first kappa shape index (κ1) is 15.5. The first-order chi connectivity index (χ1) is 8.62. The summed E-state index contributed by atoms with van der Waals surface area (Å²) >= 11 is 0. The molecule has 0 fully saturated rings. The molecule has 2 atom stereocenters. The molecule has 0 saturated heterocycles. The van der Waals surface area contributed by atoms with Gasteiger partial charge < -0.3 is 4.89 Å². The second-order valence-corrected chi connectivity index (χ2v) is 7.39. The van der Waals surface area contributed by atoms with E-state index >= 15 is 0 Å². The van der Waals surface area contributed by atoms with Crippen LogP contribution in [0.15, 0.2) is 30.3 Å². The van der Waals surface area contributed by atoms with Crippen molar-refractivity contribution < 1.29 is 9.46 Å². The minimum absolute atomic E-state index is 0.0727. The van der Waals surface area contributed by atoms with Gasteiger partial charge in [-0.15, -0.1) is 0 Å². The Bertz CT molecular complexity index is 375. The van der Waals surface area contributed by atoms with E-state index in [1.165, 1.54) is 0 Å². The van der Waals surface area contributed by atoms with Crippen molar-refractivity contribution in [3.63, 3.8) is 0 Å². The van der Waals surface area contributed by atoms with Crippen LogP contribution >= 0.6 is 7.37 Å². The molecule has 0 aliphatic rings. The first-order valence-electron chi connectivity index (χ1n) is 7.01. The van der Waals surface area contributed by atoms with Crippen LogP contribution in [0.2, 0.25) is 0 Å². The van der Waals surface area contributed by atoms with Crippen molar-refractivity contribution in [1.82, 2.24) is 0 Å². The second kappa shape index (κ2) is 7.76. The van der Waals surface area contributed by atoms with Gasteiger partial charge in [0.1, 0.15) is 0 Å². The fourth-order valence-electron chi connectivity index (χ4n) is 2.31. The van der Waals surface area contributed by atoms with E-state index in [0.29, 0.717) is 5.30 Å². The molecule has 0 bridgehead atoms. The van der Waals surface area contributed by atoms with Crippen LogP contribution in [0.4, 0.5) is 0 Å². The van der Waals surface area contributed by atoms with E-state index in [1.54, 1.807) is 12.1 Å². The molecule has 2 unspecified atom stereocenters. The number of benzene rings is 1. The Morgan fingerprint density at radius 3 is 2.28 bits per heavy atom. The molecule has 0 aliphatic heterocycles. The van der Waals surface area contributed by atoms with E-state index in [9.17, 15) is 9.46 Å². The molecule has 0 spiro atoms. The van der Waals surface area contributed by atoms with Gasteiger partial charge in [0.05, 0.1) is 0 Å². The van der Waals surface area contributed by atoms with Crippen molar-refractivity contribution in [2.75, 3.05) is 0 Å². The standard InChI is InChI=1S/C15H25O2P/c1-3-5-7-11-14(10-4-2)18(16,17)15-12-8-6-9-13-15/h6,8-9,12-14H,3-5,7,10-11H2,1-2H3,(H,16,17). The van der Waals surface area contributed by atoms with Crippen LogP contribution in [0, 0.1) is 0 Å². The van der Waals surface area contributed by atoms with Crippen LogP contribution in [0.5, 0.6) is 0 Å². The summed E-state index contributed by atoms with van der Waals surface area (Å²) in [6.45, 7) is 4.24. The van der Waals surface area contributed by atoms with Crippen LogP contribution in [0.1, 0.15) is 52.4 Å². The third-order valence-corrected chi connectivity index (χ3v) is 5.93. The number of rotatable bonds is 8. The molecule has 0 saturated carbocycles. The molecule has 1 N–H and O–H groups in total. The average Bonchev–Trinajstić information content (AvgIpc) is 2.39. The van der Waals surface area contributed by atoms with Crippen LogP contribution in [0.3, 0.4) is 0 Å². The molecule has 1 aromatic carbocycles. The van der Waals surface area contributed by atoms with Crippen LogP contribution in [-0.4, -0.2) is 10.6 Å². The molecule has 1 aromatic rings. The van der Waals surface area contributed by atoms with Crippen molar-refractivity contribution in [2.24, 2.45) is 0 Å². The summed E-state index contributed by atoms with van der Waals surface area (Å²) in [5.41, 5.74) is -0.0727. The molecule has 0 amide bonds. The fourth-order valence-corrected chi connectivity index (χ4v) is 4.47. The predicted octanol–water partition coefficient (Wildman–Crippen LogP) is 4.33. The van der Waals surface area contributed by atoms with Gasteiger partial charge in [0, 0.05) is 11.0 Å². The highest BCUT2D eigenvalue weighted by atomic mass is 31.2. The third kappa shape index (κ3) is 4.26. The Morgan fingerprint density at radius 2 is 1.72 bits per heavy atom. The van der Waals surface area contributed by atoms with E-state index in [0.717, 1.165) is 38.5 Å². The monoisotopic (exact) mass is 268 g/mol. The molecule has 0 aliphatic carbocycles. The summed E-state index contributed by atoms with van der Waals surface area (Å²) in [5, 5.41) is 0.611. The van der Waals surface area contributed by atoms with Gasteiger partial charge in [-0.05, 0) is 25.0 Å². The second-order valence-electron chi connectivity index (χ2n) is 4.90. The molecule has 18 heavy (non-hydrogen) atoms. The minimum Gasteiger partial charge on any atom is -0.341 e. The Labute approximate surface area is 111 Å². The summed E-state index contributed by atoms with van der Waals surface area (Å²) in [6.07, 6.45) is 6.03. The smallest absolute Gasteiger partial charge is 0.232 e. The Morgan fingerprint density at radius 1 is 1.06 bits per heavy atom. The number of hydrogen-bond acceptors (Lipinski definition) is 1. The van der Waals surface area contributed by atoms with Crippen LogP contribution in [0.25, 0.3) is 0 Å². The lowest BCUT2D eigenvalue weighted by Crippen LogP contribution is -2.17. The van der Waals surface area contributed by atoms with E-state index < -0.39 is 7.37 Å². The molecule has 1 rings (SSSR count). The largest absolute Gasteiger partial charge is 0.341 e. The van der Waals surface area contributed by atoms with Gasteiger partial charge in [-0.25, -0.2) is 0 Å². The van der Waals surface area contributed by atoms with Gasteiger partial charge in [0.15, 0.2) is 0 Å². The average molecular weight is 268 g/mol. The Kier molecular flexibility index (Phi) is 6.67. The summed E-state index contributed by atoms with van der Waals surface area (Å²) in [7, 11) is -3.21. The zero-order valence-electron chi connectivity index (χ0n) is 11.5. The maximum absolute atomic E-state index is 12.7. The van der Waals surface area contributed by atoms with Crippen molar-refractivity contribution in [3.8, 4) is 0 Å². The van der Waals surface area contributed by atoms with E-state index in [1.807, 2.05) is 18.2 Å². The van der Waals surface area contributed by atoms with Gasteiger partial charge in [0.25, 0.3) is 0 Å². The fraction of sp³-hybridized carbons (Fsp3) is 0.600. The predicted molar refractivity (Wildman–Crippen MR) is 78.7 cm³/mol. The summed E-state index contributed by atoms with van der Waals surface area (Å²) in [5.74, 6) is 0. The minimum atomic E-state index is -3.21. The molecule has 0 aromatic heterocycles. The first-order valence-corrected chi connectivity index (χ1v) is 8.73. The topological polar surface area (TPSA) is 37.3 Å². The molecular formula is C15H25O2P.